The Bertz CT molecular complexity index is 878. The van der Waals surface area contributed by atoms with Crippen molar-refractivity contribution in [3.8, 4) is 5.75 Å². The molecule has 0 saturated heterocycles. The number of anilines is 1. The van der Waals surface area contributed by atoms with Crippen LogP contribution >= 0.6 is 23.2 Å². The van der Waals surface area contributed by atoms with E-state index in [0.717, 1.165) is 0 Å². The van der Waals surface area contributed by atoms with Crippen molar-refractivity contribution in [1.82, 2.24) is 15.3 Å². The molecule has 0 fully saturated rings. The smallest absolute Gasteiger partial charge is 0.326 e. The molecule has 10 heteroatoms. The normalized spacial score (nSPS) is 11.8. The van der Waals surface area contributed by atoms with Gasteiger partial charge in [-0.05, 0) is 19.1 Å². The second kappa shape index (κ2) is 7.41. The Morgan fingerprint density at radius 2 is 2.00 bits per heavy atom. The van der Waals surface area contributed by atoms with Crippen LogP contribution in [-0.2, 0) is 0 Å². The van der Waals surface area contributed by atoms with E-state index in [2.05, 4.69) is 10.3 Å². The monoisotopic (exact) mass is 372 g/mol. The first-order valence-electron chi connectivity index (χ1n) is 6.78. The summed E-state index contributed by atoms with van der Waals surface area (Å²) in [5, 5.41) is 3.31. The Morgan fingerprint density at radius 3 is 2.67 bits per heavy atom. The second-order valence-corrected chi connectivity index (χ2v) is 5.77. The summed E-state index contributed by atoms with van der Waals surface area (Å²) in [6.45, 7) is 1.80. The minimum absolute atomic E-state index is 0.122. The standard InChI is InChI=1S/C14H14Cl2N4O4/c1-6(5-24-7-2-3-8(15)9(16)4-7)18-13(22)11-10(17)12(21)20-14(23)19-11/h2-4,6H,5,17H2,1H3,(H,18,22)(H2,19,20,21,23). The van der Waals surface area contributed by atoms with Crippen molar-refractivity contribution < 1.29 is 9.53 Å². The predicted octanol–water partition coefficient (Wildman–Crippen LogP) is 1.15. The number of halogens is 2. The number of hydrogen-bond donors (Lipinski definition) is 4. The summed E-state index contributed by atoms with van der Waals surface area (Å²) in [4.78, 5) is 38.8. The number of ether oxygens (including phenoxy) is 1. The molecular formula is C14H14Cl2N4O4. The van der Waals surface area contributed by atoms with E-state index in [4.69, 9.17) is 33.7 Å². The van der Waals surface area contributed by atoms with E-state index in [0.29, 0.717) is 15.8 Å². The maximum Gasteiger partial charge on any atom is 0.326 e. The van der Waals surface area contributed by atoms with Gasteiger partial charge < -0.3 is 20.8 Å². The molecule has 8 nitrogen and oxygen atoms in total. The van der Waals surface area contributed by atoms with Gasteiger partial charge in [0.15, 0.2) is 0 Å². The van der Waals surface area contributed by atoms with Crippen LogP contribution in [0.2, 0.25) is 10.0 Å². The van der Waals surface area contributed by atoms with E-state index in [1.165, 1.54) is 0 Å². The lowest BCUT2D eigenvalue weighted by Crippen LogP contribution is -2.40. The van der Waals surface area contributed by atoms with Gasteiger partial charge in [-0.15, -0.1) is 0 Å². The number of amides is 1. The lowest BCUT2D eigenvalue weighted by Gasteiger charge is -2.15. The van der Waals surface area contributed by atoms with Crippen LogP contribution in [0.15, 0.2) is 27.8 Å². The van der Waals surface area contributed by atoms with Crippen molar-refractivity contribution in [2.24, 2.45) is 0 Å². The Balaban J connectivity index is 2.00. The third-order valence-electron chi connectivity index (χ3n) is 2.98. The Morgan fingerprint density at radius 1 is 1.29 bits per heavy atom. The second-order valence-electron chi connectivity index (χ2n) is 4.96. The highest BCUT2D eigenvalue weighted by atomic mass is 35.5. The Hall–Kier alpha value is -2.45. The third kappa shape index (κ3) is 4.30. The molecule has 1 aromatic heterocycles. The lowest BCUT2D eigenvalue weighted by molar-refractivity contribution is 0.0922. The number of nitrogen functional groups attached to an aromatic ring is 1. The summed E-state index contributed by atoms with van der Waals surface area (Å²) < 4.78 is 5.49. The number of carbonyl (C=O) groups excluding carboxylic acids is 1. The van der Waals surface area contributed by atoms with Crippen LogP contribution < -0.4 is 27.0 Å². The maximum absolute atomic E-state index is 12.1. The van der Waals surface area contributed by atoms with Gasteiger partial charge in [-0.2, -0.15) is 0 Å². The zero-order valence-corrected chi connectivity index (χ0v) is 14.0. The Kier molecular flexibility index (Phi) is 5.53. The molecule has 2 rings (SSSR count). The quantitative estimate of drug-likeness (QED) is 0.625. The molecule has 1 aromatic carbocycles. The van der Waals surface area contributed by atoms with Crippen LogP contribution in [0.25, 0.3) is 0 Å². The number of H-pyrrole nitrogens is 2. The van der Waals surface area contributed by atoms with Crippen LogP contribution in [0, 0.1) is 0 Å². The fraction of sp³-hybridized carbons (Fsp3) is 0.214. The summed E-state index contributed by atoms with van der Waals surface area (Å²) in [6.07, 6.45) is 0. The summed E-state index contributed by atoms with van der Waals surface area (Å²) in [7, 11) is 0. The fourth-order valence-corrected chi connectivity index (χ4v) is 2.09. The highest BCUT2D eigenvalue weighted by molar-refractivity contribution is 6.42. The molecule has 2 aromatic rings. The highest BCUT2D eigenvalue weighted by Gasteiger charge is 2.16. The summed E-state index contributed by atoms with van der Waals surface area (Å²) >= 11 is 11.7. The van der Waals surface area contributed by atoms with Gasteiger partial charge in [-0.3, -0.25) is 14.6 Å². The number of nitrogens with two attached hydrogens (primary N) is 1. The van der Waals surface area contributed by atoms with E-state index in [9.17, 15) is 14.4 Å². The van der Waals surface area contributed by atoms with Crippen molar-refractivity contribution >= 4 is 34.8 Å². The molecule has 0 radical (unpaired) electrons. The third-order valence-corrected chi connectivity index (χ3v) is 3.71. The van der Waals surface area contributed by atoms with Crippen LogP contribution in [0.5, 0.6) is 5.75 Å². The molecular weight excluding hydrogens is 359 g/mol. The first-order chi connectivity index (χ1) is 11.3. The van der Waals surface area contributed by atoms with E-state index < -0.39 is 23.2 Å². The largest absolute Gasteiger partial charge is 0.491 e. The average molecular weight is 373 g/mol. The summed E-state index contributed by atoms with van der Waals surface area (Å²) in [5.41, 5.74) is 3.17. The first-order valence-corrected chi connectivity index (χ1v) is 7.54. The number of aromatic nitrogens is 2. The Labute approximate surface area is 145 Å². The van der Waals surface area contributed by atoms with Gasteiger partial charge in [0, 0.05) is 6.07 Å². The number of benzene rings is 1. The van der Waals surface area contributed by atoms with E-state index in [1.54, 1.807) is 25.1 Å². The molecule has 0 aliphatic rings. The molecule has 24 heavy (non-hydrogen) atoms. The van der Waals surface area contributed by atoms with Gasteiger partial charge in [0.2, 0.25) is 0 Å². The van der Waals surface area contributed by atoms with Crippen LogP contribution in [0.1, 0.15) is 17.4 Å². The topological polar surface area (TPSA) is 130 Å². The van der Waals surface area contributed by atoms with E-state index in [1.807, 2.05) is 4.98 Å². The van der Waals surface area contributed by atoms with Gasteiger partial charge in [-0.1, -0.05) is 23.2 Å². The van der Waals surface area contributed by atoms with Gasteiger partial charge >= 0.3 is 5.69 Å². The molecule has 0 aliphatic carbocycles. The van der Waals surface area contributed by atoms with Gasteiger partial charge in [0.05, 0.1) is 16.1 Å². The number of rotatable bonds is 5. The summed E-state index contributed by atoms with van der Waals surface area (Å²) in [6, 6.07) is 4.33. The predicted molar refractivity (Wildman–Crippen MR) is 91.0 cm³/mol. The lowest BCUT2D eigenvalue weighted by atomic mass is 10.3. The molecule has 1 heterocycles. The molecule has 0 bridgehead atoms. The summed E-state index contributed by atoms with van der Waals surface area (Å²) in [5.74, 6) is -0.212. The highest BCUT2D eigenvalue weighted by Crippen LogP contribution is 2.26. The van der Waals surface area contributed by atoms with Crippen molar-refractivity contribution in [2.75, 3.05) is 12.3 Å². The number of carbonyl (C=O) groups is 1. The molecule has 128 valence electrons. The van der Waals surface area contributed by atoms with Crippen molar-refractivity contribution in [1.29, 1.82) is 0 Å². The van der Waals surface area contributed by atoms with Gasteiger partial charge in [-0.25, -0.2) is 4.79 Å². The van der Waals surface area contributed by atoms with Crippen LogP contribution in [-0.4, -0.2) is 28.5 Å². The van der Waals surface area contributed by atoms with Crippen LogP contribution in [0.3, 0.4) is 0 Å². The minimum atomic E-state index is -0.830. The fourth-order valence-electron chi connectivity index (χ4n) is 1.80. The molecule has 5 N–H and O–H groups in total. The van der Waals surface area contributed by atoms with Crippen molar-refractivity contribution in [2.45, 2.75) is 13.0 Å². The molecule has 1 atom stereocenters. The minimum Gasteiger partial charge on any atom is -0.491 e. The average Bonchev–Trinajstić information content (AvgIpc) is 2.52. The maximum atomic E-state index is 12.1. The zero-order valence-electron chi connectivity index (χ0n) is 12.5. The molecule has 0 aliphatic heterocycles. The van der Waals surface area contributed by atoms with E-state index >= 15 is 0 Å². The molecule has 0 saturated carbocycles. The number of nitrogens with one attached hydrogen (secondary N) is 3. The van der Waals surface area contributed by atoms with Crippen molar-refractivity contribution in [3.63, 3.8) is 0 Å². The molecule has 1 amide bonds. The zero-order chi connectivity index (χ0) is 17.9. The molecule has 1 unspecified atom stereocenters. The SMILES string of the molecule is CC(COc1ccc(Cl)c(Cl)c1)NC(=O)c1[nH]c(=O)[nH]c(=O)c1N. The van der Waals surface area contributed by atoms with Crippen molar-refractivity contribution in [3.05, 3.63) is 54.8 Å². The van der Waals surface area contributed by atoms with E-state index in [-0.39, 0.29) is 18.0 Å². The molecule has 0 spiro atoms. The van der Waals surface area contributed by atoms with Gasteiger partial charge in [0.1, 0.15) is 23.7 Å². The number of hydrogen-bond acceptors (Lipinski definition) is 5. The number of aromatic amines is 2. The van der Waals surface area contributed by atoms with Crippen LogP contribution in [0.4, 0.5) is 5.69 Å². The van der Waals surface area contributed by atoms with Gasteiger partial charge in [0.25, 0.3) is 11.5 Å². The first kappa shape index (κ1) is 17.9.